The van der Waals surface area contributed by atoms with Crippen molar-refractivity contribution in [1.29, 1.82) is 0 Å². The summed E-state index contributed by atoms with van der Waals surface area (Å²) in [4.78, 5) is 18.8. The molecule has 172 valence electrons. The predicted octanol–water partition coefficient (Wildman–Crippen LogP) is -3.33. The fourth-order valence-electron chi connectivity index (χ4n) is 2.30. The van der Waals surface area contributed by atoms with Crippen LogP contribution in [0.25, 0.3) is 0 Å². The third-order valence-corrected chi connectivity index (χ3v) is 9.09. The highest BCUT2D eigenvalue weighted by atomic mass is 127. The van der Waals surface area contributed by atoms with E-state index in [9.17, 15) is 19.8 Å². The molecule has 0 unspecified atom stereocenters. The SMILES string of the molecule is O=C([O-])/C=C\C(=O)[O-].c1ccc([I+]c2ccccc2)cc1.c1ccc([I+]c2ccccc2)cc1. The van der Waals surface area contributed by atoms with Crippen molar-refractivity contribution in [3.8, 4) is 0 Å². The zero-order valence-corrected chi connectivity index (χ0v) is 22.4. The zero-order chi connectivity index (χ0) is 24.4. The number of carbonyl (C=O) groups is 2. The average Bonchev–Trinajstić information content (AvgIpc) is 2.86. The van der Waals surface area contributed by atoms with E-state index in [-0.39, 0.29) is 42.4 Å². The molecule has 0 aliphatic heterocycles. The molecule has 4 aromatic rings. The predicted molar refractivity (Wildman–Crippen MR) is 120 cm³/mol. The molecule has 6 heteroatoms. The third-order valence-electron chi connectivity index (χ3n) is 3.72. The van der Waals surface area contributed by atoms with Gasteiger partial charge in [0.1, 0.15) is 0 Å². The fraction of sp³-hybridized carbons (Fsp3) is 0. The number of rotatable bonds is 6. The van der Waals surface area contributed by atoms with E-state index in [2.05, 4.69) is 121 Å². The van der Waals surface area contributed by atoms with Gasteiger partial charge in [0, 0.05) is 0 Å². The Labute approximate surface area is 220 Å². The summed E-state index contributed by atoms with van der Waals surface area (Å²) in [6, 6.07) is 42.8. The van der Waals surface area contributed by atoms with Crippen molar-refractivity contribution in [2.75, 3.05) is 0 Å². The minimum absolute atomic E-state index is 0.0287. The molecule has 0 aliphatic carbocycles. The van der Waals surface area contributed by atoms with Crippen LogP contribution in [0.4, 0.5) is 0 Å². The molecular formula is C28H22I2O4. The van der Waals surface area contributed by atoms with Crippen LogP contribution in [0.1, 0.15) is 0 Å². The van der Waals surface area contributed by atoms with Gasteiger partial charge >= 0.3 is 42.4 Å². The molecule has 0 spiro atoms. The van der Waals surface area contributed by atoms with Crippen LogP contribution in [-0.2, 0) is 9.59 Å². The maximum absolute atomic E-state index is 9.41. The number of hydrogen-bond donors (Lipinski definition) is 0. The van der Waals surface area contributed by atoms with Gasteiger partial charge < -0.3 is 19.8 Å². The average molecular weight is 676 g/mol. The molecule has 4 rings (SSSR count). The summed E-state index contributed by atoms with van der Waals surface area (Å²) < 4.78 is 5.92. The second-order valence-electron chi connectivity index (χ2n) is 6.34. The first-order valence-electron chi connectivity index (χ1n) is 10.1. The maximum Gasteiger partial charge on any atom is 0.357 e. The summed E-state index contributed by atoms with van der Waals surface area (Å²) in [7, 11) is 0. The second-order valence-corrected chi connectivity index (χ2v) is 12.4. The summed E-state index contributed by atoms with van der Waals surface area (Å²) in [6.07, 6.45) is 0.769. The molecule has 4 nitrogen and oxygen atoms in total. The number of carboxylic acids is 2. The molecule has 0 aromatic heterocycles. The van der Waals surface area contributed by atoms with E-state index >= 15 is 0 Å². The lowest BCUT2D eigenvalue weighted by molar-refractivity contribution is -0.597. The molecule has 0 bridgehead atoms. The van der Waals surface area contributed by atoms with Gasteiger partial charge in [0.2, 0.25) is 0 Å². The van der Waals surface area contributed by atoms with Crippen LogP contribution in [0.5, 0.6) is 0 Å². The molecule has 4 aromatic carbocycles. The van der Waals surface area contributed by atoms with Crippen molar-refractivity contribution < 1.29 is 62.2 Å². The number of benzene rings is 4. The summed E-state index contributed by atoms with van der Waals surface area (Å²) in [5.74, 6) is -3.09. The molecule has 0 fully saturated rings. The van der Waals surface area contributed by atoms with Gasteiger partial charge in [-0.05, 0) is 60.7 Å². The Bertz CT molecular complexity index is 966. The second kappa shape index (κ2) is 16.6. The van der Waals surface area contributed by atoms with Crippen LogP contribution in [-0.4, -0.2) is 11.9 Å². The van der Waals surface area contributed by atoms with Gasteiger partial charge in [-0.1, -0.05) is 72.8 Å². The molecular weight excluding hydrogens is 654 g/mol. The van der Waals surface area contributed by atoms with E-state index in [1.807, 2.05) is 0 Å². The van der Waals surface area contributed by atoms with E-state index in [1.54, 1.807) is 0 Å². The first-order chi connectivity index (χ1) is 16.5. The van der Waals surface area contributed by atoms with Crippen molar-refractivity contribution >= 4 is 11.9 Å². The standard InChI is InChI=1S/2C12H10I.C4H4O4/c2*1-3-7-11(8-4-1)13-12-9-5-2-6-10-12;5-3(6)1-2-4(7)8/h2*1-10H;1-2H,(H,5,6)(H,7,8)/q2*+1;/p-2/b;;2-1-. The first-order valence-corrected chi connectivity index (χ1v) is 14.4. The van der Waals surface area contributed by atoms with Crippen molar-refractivity contribution in [1.82, 2.24) is 0 Å². The molecule has 0 aliphatic rings. The molecule has 34 heavy (non-hydrogen) atoms. The fourth-order valence-corrected chi connectivity index (χ4v) is 6.84. The highest BCUT2D eigenvalue weighted by molar-refractivity contribution is 5.87. The number of hydrogen-bond acceptors (Lipinski definition) is 4. The highest BCUT2D eigenvalue weighted by Gasteiger charge is 2.13. The normalized spacial score (nSPS) is 9.76. The number of halogens is 2. The van der Waals surface area contributed by atoms with Crippen LogP contribution in [0.3, 0.4) is 0 Å². The van der Waals surface area contributed by atoms with Crippen LogP contribution < -0.4 is 52.6 Å². The summed E-state index contributed by atoms with van der Waals surface area (Å²) in [6.45, 7) is 0. The van der Waals surface area contributed by atoms with Crippen LogP contribution in [0, 0.1) is 14.3 Å². The van der Waals surface area contributed by atoms with Crippen molar-refractivity contribution in [3.05, 3.63) is 148 Å². The molecule has 0 radical (unpaired) electrons. The van der Waals surface area contributed by atoms with Gasteiger partial charge in [-0.2, -0.15) is 0 Å². The Morgan fingerprint density at radius 3 is 0.824 bits per heavy atom. The molecule has 0 N–H and O–H groups in total. The Balaban J connectivity index is 0.000000187. The molecule has 0 saturated carbocycles. The van der Waals surface area contributed by atoms with Gasteiger partial charge in [-0.15, -0.1) is 0 Å². The lowest BCUT2D eigenvalue weighted by Crippen LogP contribution is -3.61. The molecule has 0 heterocycles. The third kappa shape index (κ3) is 12.9. The van der Waals surface area contributed by atoms with E-state index in [0.717, 1.165) is 0 Å². The molecule has 0 saturated heterocycles. The quantitative estimate of drug-likeness (QED) is 0.158. The largest absolute Gasteiger partial charge is 0.545 e. The minimum Gasteiger partial charge on any atom is -0.545 e. The lowest BCUT2D eigenvalue weighted by Gasteiger charge is -1.90. The molecule has 0 amide bonds. The van der Waals surface area contributed by atoms with Crippen LogP contribution >= 0.6 is 0 Å². The van der Waals surface area contributed by atoms with E-state index < -0.39 is 11.9 Å². The van der Waals surface area contributed by atoms with Crippen LogP contribution in [0.2, 0.25) is 0 Å². The first kappa shape index (κ1) is 27.3. The van der Waals surface area contributed by atoms with Gasteiger partial charge in [0.05, 0.1) is 11.9 Å². The van der Waals surface area contributed by atoms with Gasteiger partial charge in [-0.25, -0.2) is 0 Å². The van der Waals surface area contributed by atoms with Crippen LogP contribution in [0.15, 0.2) is 133 Å². The Hall–Kier alpha value is -2.98. The van der Waals surface area contributed by atoms with Gasteiger partial charge in [-0.3, -0.25) is 0 Å². The topological polar surface area (TPSA) is 80.3 Å². The zero-order valence-electron chi connectivity index (χ0n) is 18.1. The number of carbonyl (C=O) groups excluding carboxylic acids is 2. The van der Waals surface area contributed by atoms with Crippen molar-refractivity contribution in [3.63, 3.8) is 0 Å². The van der Waals surface area contributed by atoms with E-state index in [0.29, 0.717) is 12.2 Å². The smallest absolute Gasteiger partial charge is 0.357 e. The number of carboxylic acid groups (broad SMARTS) is 2. The Morgan fingerprint density at radius 2 is 0.647 bits per heavy atom. The summed E-state index contributed by atoms with van der Waals surface area (Å²) in [5, 5.41) is 18.8. The van der Waals surface area contributed by atoms with E-state index in [4.69, 9.17) is 0 Å². The van der Waals surface area contributed by atoms with E-state index in [1.165, 1.54) is 14.3 Å². The maximum atomic E-state index is 9.41. The highest BCUT2D eigenvalue weighted by Crippen LogP contribution is 1.86. The van der Waals surface area contributed by atoms with Gasteiger partial charge in [0.15, 0.2) is 14.3 Å². The minimum atomic E-state index is -1.55. The Kier molecular flexibility index (Phi) is 13.3. The Morgan fingerprint density at radius 1 is 0.441 bits per heavy atom. The molecule has 0 atom stereocenters. The summed E-state index contributed by atoms with van der Waals surface area (Å²) >= 11 is 0.0574. The monoisotopic (exact) mass is 676 g/mol. The summed E-state index contributed by atoms with van der Waals surface area (Å²) in [5.41, 5.74) is 0. The lowest BCUT2D eigenvalue weighted by atomic mass is 10.4. The van der Waals surface area contributed by atoms with Gasteiger partial charge in [0.25, 0.3) is 0 Å². The van der Waals surface area contributed by atoms with Crippen molar-refractivity contribution in [2.45, 2.75) is 0 Å². The van der Waals surface area contributed by atoms with Crippen molar-refractivity contribution in [2.24, 2.45) is 0 Å². The number of aliphatic carboxylic acids is 2.